The molecule has 7 heteroatoms. The highest BCUT2D eigenvalue weighted by atomic mass is 16.5. The molecule has 1 aromatic heterocycles. The number of hydrogen-bond acceptors (Lipinski definition) is 5. The van der Waals surface area contributed by atoms with Crippen LogP contribution in [0.5, 0.6) is 0 Å². The van der Waals surface area contributed by atoms with Gasteiger partial charge in [-0.05, 0) is 25.1 Å². The molecule has 2 aromatic carbocycles. The van der Waals surface area contributed by atoms with Gasteiger partial charge in [-0.15, -0.1) is 0 Å². The molecule has 0 aliphatic carbocycles. The number of H-pyrrole nitrogens is 1. The van der Waals surface area contributed by atoms with Crippen molar-refractivity contribution >= 4 is 28.5 Å². The number of nitrogens with one attached hydrogen (secondary N) is 1. The number of para-hydroxylation sites is 2. The van der Waals surface area contributed by atoms with Gasteiger partial charge >= 0.3 is 5.97 Å². The fraction of sp³-hybridized carbons (Fsp3) is 0.182. The normalized spacial score (nSPS) is 11.4. The molecule has 0 fully saturated rings. The quantitative estimate of drug-likeness (QED) is 0.653. The minimum absolute atomic E-state index is 0.0901. The Morgan fingerprint density at radius 1 is 1.14 bits per heavy atom. The number of benzene rings is 2. The number of fused-ring (bicyclic) bond motifs is 1. The lowest BCUT2D eigenvalue weighted by Gasteiger charge is -2.25. The fourth-order valence-corrected chi connectivity index (χ4v) is 3.00. The van der Waals surface area contributed by atoms with Crippen molar-refractivity contribution in [1.82, 2.24) is 4.98 Å². The van der Waals surface area contributed by atoms with Crippen LogP contribution in [0, 0.1) is 11.3 Å². The van der Waals surface area contributed by atoms with Gasteiger partial charge in [-0.2, -0.15) is 5.26 Å². The number of carbonyl (C=O) groups excluding carboxylic acids is 2. The second kappa shape index (κ2) is 8.85. The molecule has 1 amide bonds. The van der Waals surface area contributed by atoms with Crippen LogP contribution in [0.25, 0.3) is 10.9 Å². The van der Waals surface area contributed by atoms with E-state index in [1.165, 1.54) is 11.8 Å². The maximum Gasteiger partial charge on any atom is 0.339 e. The Balaban J connectivity index is 1.84. The van der Waals surface area contributed by atoms with Crippen LogP contribution in [-0.2, 0) is 9.53 Å². The lowest BCUT2D eigenvalue weighted by Crippen LogP contribution is -2.40. The first kappa shape index (κ1) is 19.8. The zero-order valence-electron chi connectivity index (χ0n) is 15.8. The number of amides is 1. The monoisotopic (exact) mass is 389 g/mol. The number of ether oxygens (including phenoxy) is 1. The highest BCUT2D eigenvalue weighted by molar-refractivity contribution is 6.05. The number of carbonyl (C=O) groups is 2. The average molecular weight is 389 g/mol. The van der Waals surface area contributed by atoms with Gasteiger partial charge in [0.1, 0.15) is 0 Å². The van der Waals surface area contributed by atoms with Crippen molar-refractivity contribution in [3.05, 3.63) is 76.6 Å². The van der Waals surface area contributed by atoms with Crippen LogP contribution in [0.3, 0.4) is 0 Å². The van der Waals surface area contributed by atoms with Crippen LogP contribution in [0.2, 0.25) is 0 Å². The Kier molecular flexibility index (Phi) is 6.05. The van der Waals surface area contributed by atoms with E-state index < -0.39 is 23.5 Å². The number of nitriles is 1. The van der Waals surface area contributed by atoms with E-state index in [-0.39, 0.29) is 18.5 Å². The van der Waals surface area contributed by atoms with Gasteiger partial charge in [0.2, 0.25) is 5.56 Å². The Hall–Kier alpha value is -3.92. The molecule has 7 nitrogen and oxygen atoms in total. The van der Waals surface area contributed by atoms with Gasteiger partial charge in [-0.1, -0.05) is 36.4 Å². The van der Waals surface area contributed by atoms with Crippen LogP contribution in [0.1, 0.15) is 23.7 Å². The number of rotatable bonds is 6. The Bertz CT molecular complexity index is 1130. The zero-order chi connectivity index (χ0) is 20.8. The molecule has 146 valence electrons. The van der Waals surface area contributed by atoms with Gasteiger partial charge in [0, 0.05) is 29.2 Å². The first-order valence-electron chi connectivity index (χ1n) is 9.07. The van der Waals surface area contributed by atoms with Crippen LogP contribution in [-0.4, -0.2) is 29.5 Å². The Labute approximate surface area is 167 Å². The summed E-state index contributed by atoms with van der Waals surface area (Å²) in [6.07, 6.45) is -0.959. The molecule has 0 radical (unpaired) electrons. The molecular weight excluding hydrogens is 370 g/mol. The number of hydrogen-bond donors (Lipinski definition) is 1. The number of nitrogens with zero attached hydrogens (tertiary/aromatic N) is 2. The second-order valence-electron chi connectivity index (χ2n) is 6.37. The minimum Gasteiger partial charge on any atom is -0.449 e. The van der Waals surface area contributed by atoms with E-state index >= 15 is 0 Å². The summed E-state index contributed by atoms with van der Waals surface area (Å²) in [7, 11) is 0. The van der Waals surface area contributed by atoms with Gasteiger partial charge in [-0.25, -0.2) is 4.79 Å². The summed E-state index contributed by atoms with van der Waals surface area (Å²) in [6, 6.07) is 18.9. The molecule has 0 unspecified atom stereocenters. The van der Waals surface area contributed by atoms with E-state index in [4.69, 9.17) is 10.00 Å². The summed E-state index contributed by atoms with van der Waals surface area (Å²) in [6.45, 7) is 1.65. The molecule has 1 N–H and O–H groups in total. The molecule has 3 rings (SSSR count). The maximum absolute atomic E-state index is 12.9. The van der Waals surface area contributed by atoms with Crippen LogP contribution < -0.4 is 10.5 Å². The molecule has 29 heavy (non-hydrogen) atoms. The van der Waals surface area contributed by atoms with Crippen molar-refractivity contribution in [2.24, 2.45) is 0 Å². The molecule has 0 aliphatic heterocycles. The number of aromatic nitrogens is 1. The van der Waals surface area contributed by atoms with Crippen molar-refractivity contribution in [3.8, 4) is 6.07 Å². The van der Waals surface area contributed by atoms with Crippen molar-refractivity contribution in [2.45, 2.75) is 19.4 Å². The van der Waals surface area contributed by atoms with Gasteiger partial charge in [-0.3, -0.25) is 9.59 Å². The lowest BCUT2D eigenvalue weighted by atomic mass is 10.1. The van der Waals surface area contributed by atoms with E-state index in [1.54, 1.807) is 48.5 Å². The third-order valence-corrected chi connectivity index (χ3v) is 4.38. The number of aromatic amines is 1. The molecule has 0 saturated heterocycles. The molecule has 0 spiro atoms. The highest BCUT2D eigenvalue weighted by Crippen LogP contribution is 2.19. The van der Waals surface area contributed by atoms with Crippen molar-refractivity contribution in [1.29, 1.82) is 5.26 Å². The van der Waals surface area contributed by atoms with Gasteiger partial charge in [0.05, 0.1) is 18.1 Å². The van der Waals surface area contributed by atoms with Crippen LogP contribution in [0.4, 0.5) is 5.69 Å². The highest BCUT2D eigenvalue weighted by Gasteiger charge is 2.26. The predicted octanol–water partition coefficient (Wildman–Crippen LogP) is 3.02. The number of anilines is 1. The molecule has 1 heterocycles. The molecule has 0 bridgehead atoms. The first-order chi connectivity index (χ1) is 14.0. The zero-order valence-corrected chi connectivity index (χ0v) is 15.8. The van der Waals surface area contributed by atoms with Gasteiger partial charge in [0.15, 0.2) is 6.10 Å². The largest absolute Gasteiger partial charge is 0.449 e. The summed E-state index contributed by atoms with van der Waals surface area (Å²) in [5.74, 6) is -1.21. The standard InChI is InChI=1S/C22H19N3O4/c1-15(21(27)25(13-7-12-23)16-8-3-2-4-9-16)29-22(28)18-14-20(26)24-19-11-6-5-10-17(18)19/h2-6,8-11,14-15H,7,13H2,1H3,(H,24,26)/t15-/m1/s1. The summed E-state index contributed by atoms with van der Waals surface area (Å²) in [5.41, 5.74) is 0.768. The van der Waals surface area contributed by atoms with Crippen molar-refractivity contribution in [2.75, 3.05) is 11.4 Å². The van der Waals surface area contributed by atoms with Gasteiger partial charge < -0.3 is 14.6 Å². The smallest absolute Gasteiger partial charge is 0.339 e. The topological polar surface area (TPSA) is 103 Å². The molecule has 1 atom stereocenters. The maximum atomic E-state index is 12.9. The van der Waals surface area contributed by atoms with Crippen molar-refractivity contribution in [3.63, 3.8) is 0 Å². The predicted molar refractivity (Wildman–Crippen MR) is 108 cm³/mol. The third-order valence-electron chi connectivity index (χ3n) is 4.38. The lowest BCUT2D eigenvalue weighted by molar-refractivity contribution is -0.126. The first-order valence-corrected chi connectivity index (χ1v) is 9.07. The fourth-order valence-electron chi connectivity index (χ4n) is 3.00. The molecule has 3 aromatic rings. The number of pyridine rings is 1. The van der Waals surface area contributed by atoms with Gasteiger partial charge in [0.25, 0.3) is 5.91 Å². The molecule has 0 saturated carbocycles. The Morgan fingerprint density at radius 3 is 2.55 bits per heavy atom. The summed E-state index contributed by atoms with van der Waals surface area (Å²) in [4.78, 5) is 41.6. The van der Waals surface area contributed by atoms with E-state index in [0.717, 1.165) is 6.07 Å². The van der Waals surface area contributed by atoms with Crippen LogP contribution >= 0.6 is 0 Å². The van der Waals surface area contributed by atoms with E-state index in [9.17, 15) is 14.4 Å². The Morgan fingerprint density at radius 2 is 1.83 bits per heavy atom. The third kappa shape index (κ3) is 4.50. The van der Waals surface area contributed by atoms with Crippen LogP contribution in [0.15, 0.2) is 65.5 Å². The summed E-state index contributed by atoms with van der Waals surface area (Å²) in [5, 5.41) is 9.43. The number of esters is 1. The molecule has 0 aliphatic rings. The second-order valence-corrected chi connectivity index (χ2v) is 6.37. The SMILES string of the molecule is C[C@@H](OC(=O)c1cc(=O)[nH]c2ccccc12)C(=O)N(CCC#N)c1ccccc1. The van der Waals surface area contributed by atoms with E-state index in [0.29, 0.717) is 16.6 Å². The van der Waals surface area contributed by atoms with Crippen molar-refractivity contribution < 1.29 is 14.3 Å². The van der Waals surface area contributed by atoms with E-state index in [1.807, 2.05) is 12.1 Å². The van der Waals surface area contributed by atoms with E-state index in [2.05, 4.69) is 4.98 Å². The minimum atomic E-state index is -1.10. The average Bonchev–Trinajstić information content (AvgIpc) is 2.73. The summed E-state index contributed by atoms with van der Waals surface area (Å²) >= 11 is 0. The summed E-state index contributed by atoms with van der Waals surface area (Å²) < 4.78 is 5.38. The molecular formula is C22H19N3O4.